The minimum absolute atomic E-state index is 0.0352. The van der Waals surface area contributed by atoms with Crippen LogP contribution < -0.4 is 5.32 Å². The van der Waals surface area contributed by atoms with Crippen molar-refractivity contribution >= 4 is 58.1 Å². The topological polar surface area (TPSA) is 223 Å². The van der Waals surface area contributed by atoms with Gasteiger partial charge in [-0.15, -0.1) is 0 Å². The first-order valence-electron chi connectivity index (χ1n) is 17.6. The summed E-state index contributed by atoms with van der Waals surface area (Å²) in [7, 11) is 0. The number of carbonyl (C=O) groups excluding carboxylic acids is 1. The average molecular weight is 887 g/mol. The van der Waals surface area contributed by atoms with Crippen LogP contribution in [0.25, 0.3) is 33.9 Å². The van der Waals surface area contributed by atoms with E-state index in [4.69, 9.17) is 15.0 Å². The maximum Gasteiger partial charge on any atom is 0.317 e. The fraction of sp³-hybridized carbons (Fsp3) is 0.220. The number of hydrogen-bond acceptors (Lipinski definition) is 10. The van der Waals surface area contributed by atoms with Gasteiger partial charge in [-0.25, -0.2) is 15.0 Å². The molecule has 1 amide bonds. The van der Waals surface area contributed by atoms with Crippen LogP contribution in [0.15, 0.2) is 97.1 Å². The number of rotatable bonds is 20. The van der Waals surface area contributed by atoms with Gasteiger partial charge in [-0.05, 0) is 83.6 Å². The molecule has 0 atom stereocenters. The number of carboxylic acids is 4. The lowest BCUT2D eigenvalue weighted by Gasteiger charge is -2.18. The molecule has 3 aromatic heterocycles. The van der Waals surface area contributed by atoms with Gasteiger partial charge in [0.2, 0.25) is 5.91 Å². The summed E-state index contributed by atoms with van der Waals surface area (Å²) < 4.78 is 0.377. The molecule has 5 aromatic rings. The highest BCUT2D eigenvalue weighted by molar-refractivity contribution is 14.1. The van der Waals surface area contributed by atoms with Gasteiger partial charge in [0.1, 0.15) is 0 Å². The standard InChI is InChI=1S/C41H39IN6O9/c42-19-37(49)45-30-15-11-27(12-16-30)8-7-26-9-13-28(14-10-26)29-17-35(33-5-1-3-31(43-33)20-47(22-38(50)51)23-39(52)53)46-36(18-29)34-6-2-4-32(44-34)21-48(24-40(54)55)25-41(56)57/h1-6,9-18H,7-8,19-25H2,(H,45,49)(H,50,51)(H,52,53)(H,54,55)(H,56,57). The van der Waals surface area contributed by atoms with Crippen LogP contribution in [0.2, 0.25) is 0 Å². The van der Waals surface area contributed by atoms with E-state index in [0.717, 1.165) is 40.8 Å². The maximum atomic E-state index is 11.7. The molecular formula is C41H39IN6O9. The number of alkyl halides is 1. The first kappa shape index (κ1) is 42.0. The van der Waals surface area contributed by atoms with Gasteiger partial charge in [-0.2, -0.15) is 0 Å². The molecule has 0 aliphatic heterocycles. The third-order valence-corrected chi connectivity index (χ3v) is 9.21. The van der Waals surface area contributed by atoms with E-state index in [2.05, 4.69) is 5.32 Å². The number of halogens is 1. The fourth-order valence-electron chi connectivity index (χ4n) is 6.04. The Morgan fingerprint density at radius 3 is 1.35 bits per heavy atom. The Morgan fingerprint density at radius 2 is 0.947 bits per heavy atom. The first-order valence-corrected chi connectivity index (χ1v) is 19.2. The van der Waals surface area contributed by atoms with Crippen molar-refractivity contribution in [3.63, 3.8) is 0 Å². The van der Waals surface area contributed by atoms with Gasteiger partial charge < -0.3 is 25.7 Å². The molecule has 5 N–H and O–H groups in total. The van der Waals surface area contributed by atoms with Crippen LogP contribution in [0.1, 0.15) is 22.5 Å². The number of aliphatic carboxylic acids is 4. The summed E-state index contributed by atoms with van der Waals surface area (Å²) in [6.07, 6.45) is 1.57. The maximum absolute atomic E-state index is 11.7. The van der Waals surface area contributed by atoms with Gasteiger partial charge >= 0.3 is 23.9 Å². The van der Waals surface area contributed by atoms with Crippen LogP contribution in [-0.2, 0) is 49.9 Å². The third-order valence-electron chi connectivity index (χ3n) is 8.52. The molecule has 0 saturated heterocycles. The van der Waals surface area contributed by atoms with E-state index in [0.29, 0.717) is 38.6 Å². The van der Waals surface area contributed by atoms with Crippen molar-refractivity contribution in [1.82, 2.24) is 24.8 Å². The van der Waals surface area contributed by atoms with Gasteiger partial charge in [0.15, 0.2) is 0 Å². The largest absolute Gasteiger partial charge is 0.480 e. The molecule has 0 unspecified atom stereocenters. The molecule has 3 heterocycles. The molecule has 0 aliphatic rings. The number of carbonyl (C=O) groups is 5. The Morgan fingerprint density at radius 1 is 0.526 bits per heavy atom. The molecule has 5 rings (SSSR count). The van der Waals surface area contributed by atoms with Crippen molar-refractivity contribution in [3.8, 4) is 33.9 Å². The van der Waals surface area contributed by atoms with Crippen LogP contribution in [-0.4, -0.2) is 106 Å². The Kier molecular flexibility index (Phi) is 14.9. The zero-order valence-corrected chi connectivity index (χ0v) is 32.7. The second-order valence-corrected chi connectivity index (χ2v) is 13.9. The molecule has 57 heavy (non-hydrogen) atoms. The molecule has 294 valence electrons. The minimum Gasteiger partial charge on any atom is -0.480 e. The Hall–Kier alpha value is -6.11. The van der Waals surface area contributed by atoms with Crippen LogP contribution >= 0.6 is 22.6 Å². The summed E-state index contributed by atoms with van der Waals surface area (Å²) in [6.45, 7) is -2.03. The van der Waals surface area contributed by atoms with Crippen LogP contribution in [0.3, 0.4) is 0 Å². The van der Waals surface area contributed by atoms with Gasteiger partial charge in [0.05, 0.1) is 64.8 Å². The number of aryl methyl sites for hydroxylation is 2. The Balaban J connectivity index is 1.46. The van der Waals surface area contributed by atoms with E-state index in [1.807, 2.05) is 83.3 Å². The second kappa shape index (κ2) is 20.2. The van der Waals surface area contributed by atoms with Crippen molar-refractivity contribution in [1.29, 1.82) is 0 Å². The third kappa shape index (κ3) is 13.3. The quantitative estimate of drug-likeness (QED) is 0.0514. The van der Waals surface area contributed by atoms with E-state index in [-0.39, 0.29) is 19.0 Å². The average Bonchev–Trinajstić information content (AvgIpc) is 3.17. The van der Waals surface area contributed by atoms with Crippen LogP contribution in [0, 0.1) is 0 Å². The Bertz CT molecular complexity index is 2100. The highest BCUT2D eigenvalue weighted by Gasteiger charge is 2.18. The Labute approximate surface area is 341 Å². The van der Waals surface area contributed by atoms with Gasteiger partial charge in [-0.1, -0.05) is 71.1 Å². The monoisotopic (exact) mass is 886 g/mol. The minimum atomic E-state index is -1.17. The van der Waals surface area contributed by atoms with E-state index in [1.54, 1.807) is 36.4 Å². The SMILES string of the molecule is O=C(O)CN(CC(=O)O)Cc1cccc(-c2cc(-c3ccc(CCc4ccc(NC(=O)CI)cc4)cc3)cc(-c3cccc(CN(CC(=O)O)CC(=O)O)n3)n2)n1. The number of pyridine rings is 3. The predicted molar refractivity (Wildman–Crippen MR) is 219 cm³/mol. The molecule has 0 radical (unpaired) electrons. The first-order chi connectivity index (χ1) is 27.3. The lowest BCUT2D eigenvalue weighted by atomic mass is 9.99. The molecule has 0 bridgehead atoms. The van der Waals surface area contributed by atoms with Crippen molar-refractivity contribution in [2.75, 3.05) is 35.9 Å². The summed E-state index contributed by atoms with van der Waals surface area (Å²) in [5.74, 6) is -4.74. The number of nitrogens with zero attached hydrogens (tertiary/aromatic N) is 5. The van der Waals surface area contributed by atoms with E-state index in [1.165, 1.54) is 9.80 Å². The second-order valence-electron chi connectivity index (χ2n) is 13.1. The molecule has 2 aromatic carbocycles. The number of hydrogen-bond donors (Lipinski definition) is 5. The summed E-state index contributed by atoms with van der Waals surface area (Å²) in [5.41, 5.74) is 7.32. The van der Waals surface area contributed by atoms with E-state index < -0.39 is 50.1 Å². The highest BCUT2D eigenvalue weighted by Crippen LogP contribution is 2.30. The van der Waals surface area contributed by atoms with Crippen LogP contribution in [0.5, 0.6) is 0 Å². The fourth-order valence-corrected chi connectivity index (χ4v) is 6.23. The zero-order chi connectivity index (χ0) is 40.9. The number of nitrogens with one attached hydrogen (secondary N) is 1. The van der Waals surface area contributed by atoms with Gasteiger partial charge in [-0.3, -0.25) is 33.8 Å². The van der Waals surface area contributed by atoms with Gasteiger partial charge in [0.25, 0.3) is 0 Å². The smallest absolute Gasteiger partial charge is 0.317 e. The molecule has 0 saturated carbocycles. The summed E-state index contributed by atoms with van der Waals surface area (Å²) in [4.78, 5) is 74.2. The van der Waals surface area contributed by atoms with Crippen LogP contribution in [0.4, 0.5) is 5.69 Å². The number of aromatic nitrogens is 3. The summed E-state index contributed by atoms with van der Waals surface area (Å²) in [6, 6.07) is 29.9. The lowest BCUT2D eigenvalue weighted by Crippen LogP contribution is -2.34. The predicted octanol–water partition coefficient (Wildman–Crippen LogP) is 4.97. The van der Waals surface area contributed by atoms with E-state index >= 15 is 0 Å². The molecular weight excluding hydrogens is 847 g/mol. The van der Waals surface area contributed by atoms with Crippen molar-refractivity contribution in [3.05, 3.63) is 120 Å². The van der Waals surface area contributed by atoms with Crippen molar-refractivity contribution in [2.45, 2.75) is 25.9 Å². The summed E-state index contributed by atoms with van der Waals surface area (Å²) in [5, 5.41) is 40.2. The normalized spacial score (nSPS) is 11.1. The summed E-state index contributed by atoms with van der Waals surface area (Å²) >= 11 is 2.02. The molecule has 16 heteroatoms. The molecule has 15 nitrogen and oxygen atoms in total. The number of benzene rings is 2. The number of anilines is 1. The number of carboxylic acid groups (broad SMARTS) is 4. The highest BCUT2D eigenvalue weighted by atomic mass is 127. The van der Waals surface area contributed by atoms with E-state index in [9.17, 15) is 44.4 Å². The van der Waals surface area contributed by atoms with Gasteiger partial charge in [0, 0.05) is 18.8 Å². The molecule has 0 fully saturated rings. The van der Waals surface area contributed by atoms with Crippen molar-refractivity contribution in [2.24, 2.45) is 0 Å². The van der Waals surface area contributed by atoms with Crippen molar-refractivity contribution < 1.29 is 44.4 Å². The lowest BCUT2D eigenvalue weighted by molar-refractivity contribution is -0.144. The number of amides is 1. The molecule has 0 aliphatic carbocycles. The molecule has 0 spiro atoms. The zero-order valence-electron chi connectivity index (χ0n) is 30.5.